The van der Waals surface area contributed by atoms with E-state index in [-0.39, 0.29) is 5.91 Å². The van der Waals surface area contributed by atoms with E-state index in [0.29, 0.717) is 12.1 Å². The van der Waals surface area contributed by atoms with Gasteiger partial charge in [0.25, 0.3) is 0 Å². The molecule has 0 unspecified atom stereocenters. The lowest BCUT2D eigenvalue weighted by Crippen LogP contribution is -2.31. The van der Waals surface area contributed by atoms with Crippen molar-refractivity contribution < 1.29 is 4.79 Å². The summed E-state index contributed by atoms with van der Waals surface area (Å²) in [7, 11) is 3.92. The van der Waals surface area contributed by atoms with Crippen molar-refractivity contribution in [1.29, 1.82) is 0 Å². The molecule has 1 aromatic heterocycles. The lowest BCUT2D eigenvalue weighted by molar-refractivity contribution is -0.116. The SMILES string of the molecule is CN(C)c1nc(N2CCCCC2)ncc1NC(=O)CCC1CCCCC1. The second-order valence-corrected chi connectivity index (χ2v) is 7.94. The Morgan fingerprint density at radius 2 is 1.85 bits per heavy atom. The molecular formula is C20H33N5O. The van der Waals surface area contributed by atoms with Gasteiger partial charge in [-0.25, -0.2) is 4.98 Å². The molecule has 2 fully saturated rings. The third-order valence-electron chi connectivity index (χ3n) is 5.60. The van der Waals surface area contributed by atoms with Crippen molar-refractivity contribution in [1.82, 2.24) is 9.97 Å². The average molecular weight is 360 g/mol. The molecule has 1 saturated heterocycles. The fraction of sp³-hybridized carbons (Fsp3) is 0.750. The van der Waals surface area contributed by atoms with Crippen LogP contribution in [0, 0.1) is 5.92 Å². The Labute approximate surface area is 157 Å². The van der Waals surface area contributed by atoms with Crippen molar-refractivity contribution in [3.05, 3.63) is 6.20 Å². The zero-order chi connectivity index (χ0) is 18.4. The maximum atomic E-state index is 12.4. The molecule has 1 N–H and O–H groups in total. The molecule has 0 atom stereocenters. The van der Waals surface area contributed by atoms with Crippen LogP contribution in [0.2, 0.25) is 0 Å². The summed E-state index contributed by atoms with van der Waals surface area (Å²) in [6, 6.07) is 0. The Morgan fingerprint density at radius 1 is 1.15 bits per heavy atom. The van der Waals surface area contributed by atoms with Gasteiger partial charge in [-0.1, -0.05) is 32.1 Å². The Hall–Kier alpha value is -1.85. The third kappa shape index (κ3) is 5.08. The summed E-state index contributed by atoms with van der Waals surface area (Å²) in [6.45, 7) is 2.03. The second kappa shape index (κ2) is 9.19. The topological polar surface area (TPSA) is 61.4 Å². The number of carbonyl (C=O) groups excluding carboxylic acids is 1. The van der Waals surface area contributed by atoms with E-state index >= 15 is 0 Å². The van der Waals surface area contributed by atoms with Gasteiger partial charge in [0, 0.05) is 33.6 Å². The lowest BCUT2D eigenvalue weighted by atomic mass is 9.86. The Bertz CT molecular complexity index is 592. The Morgan fingerprint density at radius 3 is 2.54 bits per heavy atom. The Balaban J connectivity index is 1.61. The van der Waals surface area contributed by atoms with Crippen molar-refractivity contribution in [2.45, 2.75) is 64.2 Å². The van der Waals surface area contributed by atoms with Crippen molar-refractivity contribution in [3.8, 4) is 0 Å². The van der Waals surface area contributed by atoms with Crippen LogP contribution in [0.25, 0.3) is 0 Å². The number of aromatic nitrogens is 2. The molecule has 144 valence electrons. The Kier molecular flexibility index (Phi) is 6.69. The first kappa shape index (κ1) is 18.9. The van der Waals surface area contributed by atoms with Crippen LogP contribution in [0.15, 0.2) is 6.20 Å². The average Bonchev–Trinajstić information content (AvgIpc) is 2.68. The van der Waals surface area contributed by atoms with E-state index in [1.165, 1.54) is 51.4 Å². The van der Waals surface area contributed by atoms with E-state index in [1.807, 2.05) is 19.0 Å². The predicted octanol–water partition coefficient (Wildman–Crippen LogP) is 3.83. The van der Waals surface area contributed by atoms with Crippen LogP contribution in [0.5, 0.6) is 0 Å². The van der Waals surface area contributed by atoms with Gasteiger partial charge in [-0.2, -0.15) is 4.98 Å². The van der Waals surface area contributed by atoms with Crippen molar-refractivity contribution in [2.24, 2.45) is 5.92 Å². The van der Waals surface area contributed by atoms with Gasteiger partial charge in [-0.3, -0.25) is 4.79 Å². The zero-order valence-electron chi connectivity index (χ0n) is 16.3. The maximum absolute atomic E-state index is 12.4. The van der Waals surface area contributed by atoms with Gasteiger partial charge < -0.3 is 15.1 Å². The highest BCUT2D eigenvalue weighted by Crippen LogP contribution is 2.28. The number of amides is 1. The van der Waals surface area contributed by atoms with E-state index in [9.17, 15) is 4.79 Å². The van der Waals surface area contributed by atoms with Gasteiger partial charge in [0.05, 0.1) is 6.20 Å². The highest BCUT2D eigenvalue weighted by Gasteiger charge is 2.19. The quantitative estimate of drug-likeness (QED) is 0.836. The molecule has 1 aliphatic heterocycles. The molecule has 1 aliphatic carbocycles. The number of rotatable bonds is 6. The second-order valence-electron chi connectivity index (χ2n) is 7.94. The monoisotopic (exact) mass is 359 g/mol. The van der Waals surface area contributed by atoms with E-state index in [0.717, 1.165) is 37.2 Å². The molecule has 0 aromatic carbocycles. The summed E-state index contributed by atoms with van der Waals surface area (Å²) in [5.74, 6) is 2.36. The zero-order valence-corrected chi connectivity index (χ0v) is 16.3. The summed E-state index contributed by atoms with van der Waals surface area (Å²) >= 11 is 0. The number of nitrogens with zero attached hydrogens (tertiary/aromatic N) is 4. The highest BCUT2D eigenvalue weighted by atomic mass is 16.1. The predicted molar refractivity (Wildman–Crippen MR) is 107 cm³/mol. The van der Waals surface area contributed by atoms with Crippen LogP contribution in [0.4, 0.5) is 17.5 Å². The molecular weight excluding hydrogens is 326 g/mol. The number of carbonyl (C=O) groups is 1. The van der Waals surface area contributed by atoms with Crippen molar-refractivity contribution >= 4 is 23.4 Å². The normalized spacial score (nSPS) is 18.6. The number of nitrogens with one attached hydrogen (secondary N) is 1. The van der Waals surface area contributed by atoms with Crippen LogP contribution >= 0.6 is 0 Å². The summed E-state index contributed by atoms with van der Waals surface area (Å²) in [4.78, 5) is 25.9. The molecule has 1 saturated carbocycles. The van der Waals surface area contributed by atoms with Gasteiger partial charge >= 0.3 is 0 Å². The maximum Gasteiger partial charge on any atom is 0.227 e. The first-order valence-electron chi connectivity index (χ1n) is 10.2. The molecule has 0 bridgehead atoms. The fourth-order valence-electron chi connectivity index (χ4n) is 4.06. The van der Waals surface area contributed by atoms with Crippen LogP contribution < -0.4 is 15.1 Å². The molecule has 3 rings (SSSR count). The number of piperidine rings is 1. The first-order valence-corrected chi connectivity index (χ1v) is 10.2. The molecule has 0 radical (unpaired) electrons. The van der Waals surface area contributed by atoms with E-state index < -0.39 is 0 Å². The largest absolute Gasteiger partial charge is 0.361 e. The number of hydrogen-bond acceptors (Lipinski definition) is 5. The van der Waals surface area contributed by atoms with Gasteiger partial charge in [0.1, 0.15) is 5.69 Å². The molecule has 2 heterocycles. The highest BCUT2D eigenvalue weighted by molar-refractivity contribution is 5.93. The van der Waals surface area contributed by atoms with Crippen LogP contribution in [0.1, 0.15) is 64.2 Å². The molecule has 26 heavy (non-hydrogen) atoms. The molecule has 0 spiro atoms. The smallest absolute Gasteiger partial charge is 0.227 e. The van der Waals surface area contributed by atoms with E-state index in [4.69, 9.17) is 4.98 Å². The minimum atomic E-state index is 0.0768. The summed E-state index contributed by atoms with van der Waals surface area (Å²) in [6.07, 6.45) is 13.6. The van der Waals surface area contributed by atoms with Crippen molar-refractivity contribution in [2.75, 3.05) is 42.3 Å². The van der Waals surface area contributed by atoms with Crippen molar-refractivity contribution in [3.63, 3.8) is 0 Å². The molecule has 6 heteroatoms. The minimum absolute atomic E-state index is 0.0768. The van der Waals surface area contributed by atoms with E-state index in [1.54, 1.807) is 6.20 Å². The summed E-state index contributed by atoms with van der Waals surface area (Å²) in [5.41, 5.74) is 0.712. The molecule has 6 nitrogen and oxygen atoms in total. The lowest BCUT2D eigenvalue weighted by Gasteiger charge is -2.28. The first-order chi connectivity index (χ1) is 12.6. The van der Waals surface area contributed by atoms with Crippen LogP contribution in [-0.2, 0) is 4.79 Å². The molecule has 1 amide bonds. The third-order valence-corrected chi connectivity index (χ3v) is 5.60. The van der Waals surface area contributed by atoms with Gasteiger partial charge in [0.2, 0.25) is 11.9 Å². The van der Waals surface area contributed by atoms with Gasteiger partial charge in [-0.15, -0.1) is 0 Å². The number of anilines is 3. The molecule has 2 aliphatic rings. The number of hydrogen-bond donors (Lipinski definition) is 1. The summed E-state index contributed by atoms with van der Waals surface area (Å²) in [5, 5.41) is 3.04. The fourth-order valence-corrected chi connectivity index (χ4v) is 4.06. The molecule has 1 aromatic rings. The van der Waals surface area contributed by atoms with E-state index in [2.05, 4.69) is 15.2 Å². The summed E-state index contributed by atoms with van der Waals surface area (Å²) < 4.78 is 0. The minimum Gasteiger partial charge on any atom is -0.361 e. The standard InChI is InChI=1S/C20H33N5O/c1-24(2)19-17(15-21-20(23-19)25-13-7-4-8-14-25)22-18(26)12-11-16-9-5-3-6-10-16/h15-16H,3-14H2,1-2H3,(H,22,26). The van der Waals surface area contributed by atoms with Gasteiger partial charge in [-0.05, 0) is 31.6 Å². The van der Waals surface area contributed by atoms with Crippen LogP contribution in [-0.4, -0.2) is 43.1 Å². The van der Waals surface area contributed by atoms with Gasteiger partial charge in [0.15, 0.2) is 5.82 Å². The van der Waals surface area contributed by atoms with Crippen LogP contribution in [0.3, 0.4) is 0 Å².